The smallest absolute Gasteiger partial charge is 0.413 e. The monoisotopic (exact) mass is 331 g/mol. The molecule has 1 aliphatic rings. The van der Waals surface area contributed by atoms with Crippen LogP contribution in [0.3, 0.4) is 0 Å². The van der Waals surface area contributed by atoms with Crippen LogP contribution in [-0.4, -0.2) is 50.3 Å². The molecule has 0 saturated carbocycles. The minimum Gasteiger partial charge on any atom is -0.444 e. The van der Waals surface area contributed by atoms with Crippen molar-refractivity contribution in [1.82, 2.24) is 4.90 Å². The van der Waals surface area contributed by atoms with Gasteiger partial charge in [0.25, 0.3) is 0 Å². The molecule has 0 unspecified atom stereocenters. The second-order valence-electron chi connectivity index (χ2n) is 8.13. The zero-order valence-corrected chi connectivity index (χ0v) is 16.0. The summed E-state index contributed by atoms with van der Waals surface area (Å²) >= 11 is 0. The highest BCUT2D eigenvalue weighted by atomic mass is 28.4. The standard InChI is InChI=1S/C15H29NO5Si/c1-14(2,3)21-13(18)16-10-19-12(17)11(16)9-20-22(7,8)15(4,5)6/h11H,9-10H2,1-8H3/t11-/m0/s1. The molecule has 0 spiro atoms. The van der Waals surface area contributed by atoms with Crippen LogP contribution in [0.2, 0.25) is 18.1 Å². The largest absolute Gasteiger partial charge is 0.444 e. The second kappa shape index (κ2) is 6.20. The van der Waals surface area contributed by atoms with Crippen molar-refractivity contribution in [3.8, 4) is 0 Å². The Morgan fingerprint density at radius 2 is 1.82 bits per heavy atom. The van der Waals surface area contributed by atoms with E-state index in [1.165, 1.54) is 4.90 Å². The summed E-state index contributed by atoms with van der Waals surface area (Å²) < 4.78 is 16.3. The van der Waals surface area contributed by atoms with Crippen LogP contribution >= 0.6 is 0 Å². The molecular weight excluding hydrogens is 302 g/mol. The maximum absolute atomic E-state index is 12.2. The molecule has 0 aromatic carbocycles. The van der Waals surface area contributed by atoms with Gasteiger partial charge in [-0.15, -0.1) is 0 Å². The van der Waals surface area contributed by atoms with Crippen LogP contribution in [0.15, 0.2) is 0 Å². The van der Waals surface area contributed by atoms with Crippen molar-refractivity contribution in [1.29, 1.82) is 0 Å². The molecule has 128 valence electrons. The van der Waals surface area contributed by atoms with Crippen LogP contribution in [0.4, 0.5) is 4.79 Å². The first-order valence-electron chi connectivity index (χ1n) is 7.55. The van der Waals surface area contributed by atoms with Gasteiger partial charge in [0.2, 0.25) is 0 Å². The van der Waals surface area contributed by atoms with Gasteiger partial charge >= 0.3 is 12.1 Å². The van der Waals surface area contributed by atoms with Crippen molar-refractivity contribution < 1.29 is 23.5 Å². The molecule has 6 nitrogen and oxygen atoms in total. The summed E-state index contributed by atoms with van der Waals surface area (Å²) in [5.41, 5.74) is -0.618. The van der Waals surface area contributed by atoms with Crippen LogP contribution in [0, 0.1) is 0 Å². The van der Waals surface area contributed by atoms with E-state index in [4.69, 9.17) is 13.9 Å². The van der Waals surface area contributed by atoms with Gasteiger partial charge in [0.15, 0.2) is 21.1 Å². The van der Waals surface area contributed by atoms with E-state index < -0.39 is 32.0 Å². The fraction of sp³-hybridized carbons (Fsp3) is 0.867. The number of nitrogens with zero attached hydrogens (tertiary/aromatic N) is 1. The summed E-state index contributed by atoms with van der Waals surface area (Å²) in [4.78, 5) is 25.3. The van der Waals surface area contributed by atoms with Gasteiger partial charge in [0.05, 0.1) is 6.61 Å². The molecule has 0 aromatic rings. The number of carbonyl (C=O) groups excluding carboxylic acids is 2. The number of hydrogen-bond acceptors (Lipinski definition) is 5. The molecule has 0 aliphatic carbocycles. The zero-order chi connectivity index (χ0) is 17.3. The summed E-state index contributed by atoms with van der Waals surface area (Å²) in [6.07, 6.45) is -0.554. The van der Waals surface area contributed by atoms with Crippen molar-refractivity contribution in [2.24, 2.45) is 0 Å². The Bertz CT molecular complexity index is 436. The maximum Gasteiger partial charge on any atom is 0.413 e. The lowest BCUT2D eigenvalue weighted by atomic mass is 10.2. The third-order valence-electron chi connectivity index (χ3n) is 4.03. The highest BCUT2D eigenvalue weighted by Crippen LogP contribution is 2.36. The summed E-state index contributed by atoms with van der Waals surface area (Å²) in [5, 5.41) is 0.0340. The first-order valence-corrected chi connectivity index (χ1v) is 10.5. The van der Waals surface area contributed by atoms with Crippen LogP contribution in [0.5, 0.6) is 0 Å². The molecule has 1 aliphatic heterocycles. The lowest BCUT2D eigenvalue weighted by molar-refractivity contribution is -0.139. The maximum atomic E-state index is 12.2. The quantitative estimate of drug-likeness (QED) is 0.587. The average Bonchev–Trinajstić information content (AvgIpc) is 2.64. The molecule has 22 heavy (non-hydrogen) atoms. The van der Waals surface area contributed by atoms with E-state index in [9.17, 15) is 9.59 Å². The van der Waals surface area contributed by atoms with Crippen molar-refractivity contribution >= 4 is 20.4 Å². The van der Waals surface area contributed by atoms with Crippen molar-refractivity contribution in [3.63, 3.8) is 0 Å². The SMILES string of the molecule is CC(C)(C)OC(=O)N1COC(=O)[C@@H]1CO[Si](C)(C)C(C)(C)C. The molecule has 1 rings (SSSR count). The first-order chi connectivity index (χ1) is 9.74. The third kappa shape index (κ3) is 4.71. The summed E-state index contributed by atoms with van der Waals surface area (Å²) in [5.74, 6) is -0.440. The number of cyclic esters (lactones) is 1. The van der Waals surface area contributed by atoms with Crippen LogP contribution in [-0.2, 0) is 18.7 Å². The van der Waals surface area contributed by atoms with Crippen molar-refractivity contribution in [2.75, 3.05) is 13.3 Å². The molecular formula is C15H29NO5Si. The highest BCUT2D eigenvalue weighted by Gasteiger charge is 2.43. The van der Waals surface area contributed by atoms with Crippen molar-refractivity contribution in [3.05, 3.63) is 0 Å². The molecule has 1 fully saturated rings. The van der Waals surface area contributed by atoms with E-state index >= 15 is 0 Å². The predicted octanol–water partition coefficient (Wildman–Crippen LogP) is 3.13. The van der Waals surface area contributed by atoms with E-state index in [1.54, 1.807) is 20.8 Å². The van der Waals surface area contributed by atoms with Crippen molar-refractivity contribution in [2.45, 2.75) is 71.3 Å². The topological polar surface area (TPSA) is 65.1 Å². The minimum absolute atomic E-state index is 0.0340. The second-order valence-corrected chi connectivity index (χ2v) is 12.9. The third-order valence-corrected chi connectivity index (χ3v) is 8.53. The Kier molecular flexibility index (Phi) is 5.34. The number of carbonyl (C=O) groups is 2. The van der Waals surface area contributed by atoms with Gasteiger partial charge in [-0.1, -0.05) is 20.8 Å². The number of amides is 1. The average molecular weight is 331 g/mol. The predicted molar refractivity (Wildman–Crippen MR) is 86.0 cm³/mol. The first kappa shape index (κ1) is 19.0. The summed E-state index contributed by atoms with van der Waals surface area (Å²) in [6.45, 7) is 16.0. The molecule has 7 heteroatoms. The van der Waals surface area contributed by atoms with Crippen LogP contribution < -0.4 is 0 Å². The molecule has 0 aromatic heterocycles. The molecule has 0 radical (unpaired) electrons. The number of hydrogen-bond donors (Lipinski definition) is 0. The number of rotatable bonds is 3. The fourth-order valence-electron chi connectivity index (χ4n) is 1.61. The lowest BCUT2D eigenvalue weighted by Gasteiger charge is -2.37. The van der Waals surface area contributed by atoms with Gasteiger partial charge < -0.3 is 13.9 Å². The lowest BCUT2D eigenvalue weighted by Crippen LogP contribution is -2.48. The normalized spacial score (nSPS) is 20.1. The molecule has 1 atom stereocenters. The van der Waals surface area contributed by atoms with E-state index in [1.807, 2.05) is 0 Å². The van der Waals surface area contributed by atoms with Gasteiger partial charge in [-0.25, -0.2) is 9.59 Å². The molecule has 0 N–H and O–H groups in total. The van der Waals surface area contributed by atoms with E-state index in [0.29, 0.717) is 0 Å². The minimum atomic E-state index is -2.00. The fourth-order valence-corrected chi connectivity index (χ4v) is 2.62. The van der Waals surface area contributed by atoms with E-state index in [2.05, 4.69) is 33.9 Å². The van der Waals surface area contributed by atoms with Gasteiger partial charge in [0, 0.05) is 0 Å². The molecule has 1 saturated heterocycles. The van der Waals surface area contributed by atoms with Gasteiger partial charge in [-0.05, 0) is 38.9 Å². The zero-order valence-electron chi connectivity index (χ0n) is 15.0. The molecule has 0 bridgehead atoms. The Morgan fingerprint density at radius 1 is 1.27 bits per heavy atom. The van der Waals surface area contributed by atoms with Gasteiger partial charge in [-0.3, -0.25) is 4.90 Å². The Balaban J connectivity index is 2.75. The highest BCUT2D eigenvalue weighted by molar-refractivity contribution is 6.74. The van der Waals surface area contributed by atoms with E-state index in [-0.39, 0.29) is 18.4 Å². The number of esters is 1. The molecule has 1 heterocycles. The summed E-state index contributed by atoms with van der Waals surface area (Å²) in [7, 11) is -2.00. The van der Waals surface area contributed by atoms with Crippen LogP contribution in [0.25, 0.3) is 0 Å². The Hall–Kier alpha value is -1.08. The Morgan fingerprint density at radius 3 is 2.27 bits per heavy atom. The number of ether oxygens (including phenoxy) is 2. The van der Waals surface area contributed by atoms with Gasteiger partial charge in [-0.2, -0.15) is 0 Å². The molecule has 1 amide bonds. The Labute approximate surface area is 134 Å². The van der Waals surface area contributed by atoms with Crippen LogP contribution in [0.1, 0.15) is 41.5 Å². The van der Waals surface area contributed by atoms with Gasteiger partial charge in [0.1, 0.15) is 5.60 Å². The van der Waals surface area contributed by atoms with E-state index in [0.717, 1.165) is 0 Å². The summed E-state index contributed by atoms with van der Waals surface area (Å²) in [6, 6.07) is -0.732.